The molecule has 110 valence electrons. The van der Waals surface area contributed by atoms with Crippen LogP contribution in [0.2, 0.25) is 5.02 Å². The highest BCUT2D eigenvalue weighted by atomic mass is 35.5. The van der Waals surface area contributed by atoms with Gasteiger partial charge in [-0.3, -0.25) is 5.32 Å². The van der Waals surface area contributed by atoms with E-state index in [-0.39, 0.29) is 0 Å². The summed E-state index contributed by atoms with van der Waals surface area (Å²) in [4.78, 5) is 11.7. The molecule has 1 saturated heterocycles. The summed E-state index contributed by atoms with van der Waals surface area (Å²) in [6.07, 6.45) is 1.45. The maximum absolute atomic E-state index is 11.7. The van der Waals surface area contributed by atoms with Gasteiger partial charge >= 0.3 is 5.97 Å². The van der Waals surface area contributed by atoms with Crippen LogP contribution in [0.25, 0.3) is 10.8 Å². The van der Waals surface area contributed by atoms with Crippen molar-refractivity contribution < 1.29 is 14.6 Å². The highest BCUT2D eigenvalue weighted by molar-refractivity contribution is 6.37. The molecule has 0 unspecified atom stereocenters. The van der Waals surface area contributed by atoms with Crippen LogP contribution in [0.4, 0.5) is 0 Å². The molecule has 0 saturated carbocycles. The van der Waals surface area contributed by atoms with Crippen molar-refractivity contribution in [2.24, 2.45) is 0 Å². The van der Waals surface area contributed by atoms with Crippen LogP contribution in [-0.2, 0) is 10.3 Å². The monoisotopic (exact) mass is 305 g/mol. The molecule has 1 heterocycles. The second-order valence-corrected chi connectivity index (χ2v) is 5.64. The Morgan fingerprint density at radius 3 is 2.81 bits per heavy atom. The van der Waals surface area contributed by atoms with E-state index in [1.165, 1.54) is 0 Å². The van der Waals surface area contributed by atoms with Crippen LogP contribution < -0.4 is 10.1 Å². The molecule has 1 fully saturated rings. The normalized spacial score (nSPS) is 21.6. The fraction of sp³-hybridized carbons (Fsp3) is 0.312. The van der Waals surface area contributed by atoms with Crippen molar-refractivity contribution in [1.82, 2.24) is 5.32 Å². The first-order valence-electron chi connectivity index (χ1n) is 6.83. The van der Waals surface area contributed by atoms with Gasteiger partial charge < -0.3 is 9.84 Å². The molecular weight excluding hydrogens is 290 g/mol. The summed E-state index contributed by atoms with van der Waals surface area (Å²) in [6, 6.07) is 9.28. The van der Waals surface area contributed by atoms with Crippen LogP contribution in [0.5, 0.6) is 5.75 Å². The van der Waals surface area contributed by atoms with Gasteiger partial charge in [0.15, 0.2) is 0 Å². The Morgan fingerprint density at radius 1 is 1.38 bits per heavy atom. The van der Waals surface area contributed by atoms with E-state index in [9.17, 15) is 9.90 Å². The van der Waals surface area contributed by atoms with Gasteiger partial charge in [0, 0.05) is 5.39 Å². The smallest absolute Gasteiger partial charge is 0.328 e. The third kappa shape index (κ3) is 2.15. The third-order valence-electron chi connectivity index (χ3n) is 4.15. The summed E-state index contributed by atoms with van der Waals surface area (Å²) in [5, 5.41) is 15.1. The highest BCUT2D eigenvalue weighted by Crippen LogP contribution is 2.37. The molecule has 1 aliphatic rings. The molecule has 0 bridgehead atoms. The Balaban J connectivity index is 2.16. The zero-order valence-corrected chi connectivity index (χ0v) is 12.4. The summed E-state index contributed by atoms with van der Waals surface area (Å²) >= 11 is 6.29. The molecule has 1 atom stereocenters. The molecule has 2 N–H and O–H groups in total. The van der Waals surface area contributed by atoms with Gasteiger partial charge in [0.1, 0.15) is 11.3 Å². The Labute approximate surface area is 127 Å². The van der Waals surface area contributed by atoms with Gasteiger partial charge in [-0.25, -0.2) is 4.79 Å². The number of fused-ring (bicyclic) bond motifs is 1. The van der Waals surface area contributed by atoms with E-state index in [4.69, 9.17) is 16.3 Å². The quantitative estimate of drug-likeness (QED) is 0.914. The van der Waals surface area contributed by atoms with Crippen molar-refractivity contribution in [2.75, 3.05) is 13.7 Å². The van der Waals surface area contributed by atoms with E-state index >= 15 is 0 Å². The topological polar surface area (TPSA) is 58.6 Å². The number of rotatable bonds is 3. The van der Waals surface area contributed by atoms with Crippen LogP contribution in [-0.4, -0.2) is 24.7 Å². The number of hydrogen-bond acceptors (Lipinski definition) is 3. The number of carboxylic acids is 1. The van der Waals surface area contributed by atoms with E-state index in [0.717, 1.165) is 22.8 Å². The SMILES string of the molecule is COc1ccc2cc([C@]3(C(=O)O)CCCN3)ccc2c1Cl. The number of hydrogen-bond donors (Lipinski definition) is 2. The molecule has 0 amide bonds. The first kappa shape index (κ1) is 14.2. The highest BCUT2D eigenvalue weighted by Gasteiger charge is 2.42. The predicted molar refractivity (Wildman–Crippen MR) is 82.1 cm³/mol. The number of carboxylic acid groups (broad SMARTS) is 1. The van der Waals surface area contributed by atoms with E-state index in [1.807, 2.05) is 24.3 Å². The number of benzene rings is 2. The van der Waals surface area contributed by atoms with Crippen molar-refractivity contribution >= 4 is 28.3 Å². The summed E-state index contributed by atoms with van der Waals surface area (Å²) in [5.41, 5.74) is -0.220. The largest absolute Gasteiger partial charge is 0.495 e. The lowest BCUT2D eigenvalue weighted by Crippen LogP contribution is -2.44. The van der Waals surface area contributed by atoms with Gasteiger partial charge in [-0.05, 0) is 42.5 Å². The van der Waals surface area contributed by atoms with Crippen molar-refractivity contribution in [3.8, 4) is 5.75 Å². The summed E-state index contributed by atoms with van der Waals surface area (Å²) in [7, 11) is 1.57. The number of carbonyl (C=O) groups is 1. The molecule has 5 heteroatoms. The minimum atomic E-state index is -0.986. The molecular formula is C16H16ClNO3. The van der Waals surface area contributed by atoms with E-state index in [0.29, 0.717) is 23.7 Å². The van der Waals surface area contributed by atoms with E-state index < -0.39 is 11.5 Å². The summed E-state index contributed by atoms with van der Waals surface area (Å²) in [5.74, 6) is -0.220. The minimum absolute atomic E-state index is 0.547. The van der Waals surface area contributed by atoms with E-state index in [1.54, 1.807) is 13.2 Å². The summed E-state index contributed by atoms with van der Waals surface area (Å²) < 4.78 is 5.20. The Kier molecular flexibility index (Phi) is 3.51. The first-order chi connectivity index (χ1) is 10.1. The van der Waals surface area contributed by atoms with Crippen molar-refractivity contribution in [1.29, 1.82) is 0 Å². The lowest BCUT2D eigenvalue weighted by Gasteiger charge is -2.25. The van der Waals surface area contributed by atoms with Crippen molar-refractivity contribution in [3.63, 3.8) is 0 Å². The number of aliphatic carboxylic acids is 1. The molecule has 3 rings (SSSR count). The third-order valence-corrected chi connectivity index (χ3v) is 4.54. The second-order valence-electron chi connectivity index (χ2n) is 5.26. The zero-order chi connectivity index (χ0) is 15.0. The molecule has 1 aliphatic heterocycles. The molecule has 21 heavy (non-hydrogen) atoms. The van der Waals surface area contributed by atoms with Gasteiger partial charge in [-0.15, -0.1) is 0 Å². The number of methoxy groups -OCH3 is 1. The summed E-state index contributed by atoms with van der Waals surface area (Å²) in [6.45, 7) is 0.716. The average molecular weight is 306 g/mol. The Morgan fingerprint density at radius 2 is 2.19 bits per heavy atom. The molecule has 2 aromatic carbocycles. The number of halogens is 1. The molecule has 0 spiro atoms. The van der Waals surface area contributed by atoms with Crippen LogP contribution in [0.15, 0.2) is 30.3 Å². The molecule has 0 aromatic heterocycles. The zero-order valence-electron chi connectivity index (χ0n) is 11.6. The Hall–Kier alpha value is -1.78. The molecule has 4 nitrogen and oxygen atoms in total. The first-order valence-corrected chi connectivity index (χ1v) is 7.21. The fourth-order valence-corrected chi connectivity index (χ4v) is 3.30. The van der Waals surface area contributed by atoms with Crippen molar-refractivity contribution in [3.05, 3.63) is 40.9 Å². The van der Waals surface area contributed by atoms with Gasteiger partial charge in [0.05, 0.1) is 12.1 Å². The molecule has 0 radical (unpaired) electrons. The molecule has 0 aliphatic carbocycles. The maximum atomic E-state index is 11.7. The van der Waals surface area contributed by atoms with Crippen molar-refractivity contribution in [2.45, 2.75) is 18.4 Å². The predicted octanol–water partition coefficient (Wildman–Crippen LogP) is 3.17. The van der Waals surface area contributed by atoms with Gasteiger partial charge in [0.2, 0.25) is 0 Å². The van der Waals surface area contributed by atoms with E-state index in [2.05, 4.69) is 5.32 Å². The number of nitrogens with one attached hydrogen (secondary N) is 1. The van der Waals surface area contributed by atoms with Crippen LogP contribution in [0.3, 0.4) is 0 Å². The minimum Gasteiger partial charge on any atom is -0.495 e. The average Bonchev–Trinajstić information content (AvgIpc) is 2.98. The molecule has 2 aromatic rings. The van der Waals surface area contributed by atoms with Crippen LogP contribution in [0.1, 0.15) is 18.4 Å². The lowest BCUT2D eigenvalue weighted by molar-refractivity contribution is -0.144. The van der Waals surface area contributed by atoms with Crippen LogP contribution >= 0.6 is 11.6 Å². The lowest BCUT2D eigenvalue weighted by atomic mass is 9.87. The standard InChI is InChI=1S/C16H16ClNO3/c1-21-13-6-3-10-9-11(4-5-12(10)14(13)17)16(15(19)20)7-2-8-18-16/h3-6,9,18H,2,7-8H2,1H3,(H,19,20)/t16-/m0/s1. The fourth-order valence-electron chi connectivity index (χ4n) is 2.99. The maximum Gasteiger partial charge on any atom is 0.328 e. The number of ether oxygens (including phenoxy) is 1. The second kappa shape index (κ2) is 5.20. The van der Waals surface area contributed by atoms with Gasteiger partial charge in [-0.1, -0.05) is 29.8 Å². The van der Waals surface area contributed by atoms with Gasteiger partial charge in [0.25, 0.3) is 0 Å². The van der Waals surface area contributed by atoms with Crippen LogP contribution in [0, 0.1) is 0 Å². The van der Waals surface area contributed by atoms with Gasteiger partial charge in [-0.2, -0.15) is 0 Å². The Bertz CT molecular complexity index is 708.